The van der Waals surface area contributed by atoms with E-state index in [-0.39, 0.29) is 14.5 Å². The van der Waals surface area contributed by atoms with Crippen LogP contribution in [0.1, 0.15) is 101 Å². The standard InChI is InChI=1S/4C16H13.2C2H7Si.C2H4.4ClH.2Zr/c4*1-12-10-14-8-5-9-15(16(14)11-12)13-6-3-2-4-7-13;2*1-2-3;1-2;;;;;;/h4*2-11H,1H3;2*2-3H2,1H3;1-2H2;4*1H;;/q;;;;;;;;;;;2*+2/p-4. The van der Waals surface area contributed by atoms with E-state index in [4.69, 9.17) is 0 Å². The molecule has 12 rings (SSSR count). The summed E-state index contributed by atoms with van der Waals surface area (Å²) in [4.78, 5) is 0. The van der Waals surface area contributed by atoms with Gasteiger partial charge in [-0.3, -0.25) is 0 Å². The van der Waals surface area contributed by atoms with Crippen molar-refractivity contribution < 1.29 is 28.1 Å². The molecule has 0 fully saturated rings. The van der Waals surface area contributed by atoms with E-state index >= 15 is 0 Å². The maximum absolute atomic E-state index is 10.1. The van der Waals surface area contributed by atoms with Crippen LogP contribution in [0.5, 0.6) is 0 Å². The Bertz CT molecular complexity index is 3390. The van der Waals surface area contributed by atoms with E-state index in [1.54, 1.807) is 0 Å². The van der Waals surface area contributed by atoms with Crippen molar-refractivity contribution in [3.05, 3.63) is 261 Å². The Morgan fingerprint density at radius 1 is 0.308 bits per heavy atom. The molecule has 8 aromatic carbocycles. The number of rotatable bonds is 15. The van der Waals surface area contributed by atoms with E-state index in [0.717, 1.165) is 12.1 Å². The summed E-state index contributed by atoms with van der Waals surface area (Å²) in [6, 6.07) is 73.2. The first-order chi connectivity index (χ1) is 37.4. The molecule has 0 saturated heterocycles. The summed E-state index contributed by atoms with van der Waals surface area (Å²) < 4.78 is 0.542. The minimum atomic E-state index is -6.42. The van der Waals surface area contributed by atoms with Crippen molar-refractivity contribution in [3.8, 4) is 44.5 Å². The Morgan fingerprint density at radius 3 is 0.731 bits per heavy atom. The van der Waals surface area contributed by atoms with E-state index in [0.29, 0.717) is 8.26 Å². The van der Waals surface area contributed by atoms with Crippen molar-refractivity contribution in [2.75, 3.05) is 0 Å². The number of fused-ring (bicyclic) bond motifs is 4. The van der Waals surface area contributed by atoms with Gasteiger partial charge in [-0.25, -0.2) is 0 Å². The molecule has 0 aromatic heterocycles. The second kappa shape index (κ2) is 19.3. The molecule has 4 unspecified atom stereocenters. The monoisotopic (exact) mass is 1290 g/mol. The molecule has 4 aliphatic carbocycles. The minimum absolute atomic E-state index is 0.180. The first-order valence-corrected chi connectivity index (χ1v) is 64.1. The van der Waals surface area contributed by atoms with Crippen LogP contribution in [0.15, 0.2) is 216 Å². The Labute approximate surface area is 476 Å². The SMILES string of the molecule is CC[SiH2][Zr]([Cl])([Cl])([CH2][CH2][Zr]([Cl])([Cl])([SiH2]CC)([CH]1C(C)=Cc2c(-c3ccccc3)cccc21)[CH]1C(C)=Cc2c(-c3ccccc3)cccc21)([CH]1C(C)=Cc2c(-c3ccccc3)cccc21)[CH]1C(C)=Cc2c(-c3ccccc3)cccc21. The fraction of sp³-hybridized carbons (Fsp3) is 0.200. The first-order valence-electron chi connectivity index (χ1n) is 28.5. The van der Waals surface area contributed by atoms with Crippen molar-refractivity contribution in [1.29, 1.82) is 0 Å². The van der Waals surface area contributed by atoms with Crippen LogP contribution in [0.2, 0.25) is 20.3 Å². The third kappa shape index (κ3) is 8.17. The molecule has 0 spiro atoms. The molecule has 0 radical (unpaired) electrons. The van der Waals surface area contributed by atoms with Gasteiger partial charge >= 0.3 is 482 Å². The van der Waals surface area contributed by atoms with Crippen molar-refractivity contribution in [1.82, 2.24) is 0 Å². The molecule has 8 heteroatoms. The summed E-state index contributed by atoms with van der Waals surface area (Å²) in [5.74, 6) is 0. The Kier molecular flexibility index (Phi) is 13.6. The number of hydrogen-bond acceptors (Lipinski definition) is 0. The third-order valence-corrected chi connectivity index (χ3v) is 126. The van der Waals surface area contributed by atoms with Crippen molar-refractivity contribution in [2.24, 2.45) is 0 Å². The summed E-state index contributed by atoms with van der Waals surface area (Å²) in [6.45, 7) is 11.5. The van der Waals surface area contributed by atoms with Gasteiger partial charge in [0.15, 0.2) is 0 Å². The molecule has 0 bridgehead atoms. The van der Waals surface area contributed by atoms with Gasteiger partial charge < -0.3 is 0 Å². The topological polar surface area (TPSA) is 0 Å². The zero-order chi connectivity index (χ0) is 54.4. The fourth-order valence-electron chi connectivity index (χ4n) is 17.6. The predicted molar refractivity (Wildman–Crippen MR) is 344 cm³/mol. The number of allylic oxidation sites excluding steroid dienone is 4. The Morgan fingerprint density at radius 2 is 0.526 bits per heavy atom. The zero-order valence-corrected chi connectivity index (χ0v) is 56.6. The normalized spacial score (nSPS) is 20.5. The molecule has 8 aromatic rings. The number of hydrogen-bond donors (Lipinski definition) is 0. The van der Waals surface area contributed by atoms with Crippen molar-refractivity contribution in [3.63, 3.8) is 0 Å². The van der Waals surface area contributed by atoms with Gasteiger partial charge in [-0.05, 0) is 0 Å². The van der Waals surface area contributed by atoms with E-state index < -0.39 is 41.4 Å². The van der Waals surface area contributed by atoms with Crippen LogP contribution in [0.4, 0.5) is 0 Å². The molecule has 4 atom stereocenters. The fourth-order valence-corrected chi connectivity index (χ4v) is 170. The molecule has 0 amide bonds. The van der Waals surface area contributed by atoms with Crippen LogP contribution in [-0.2, 0) is 28.1 Å². The predicted octanol–water partition coefficient (Wildman–Crippen LogP) is 21.2. The Balaban J connectivity index is 1.17. The average Bonchev–Trinajstić information content (AvgIpc) is 4.25. The van der Waals surface area contributed by atoms with Crippen molar-refractivity contribution in [2.45, 2.75) is 76.4 Å². The van der Waals surface area contributed by atoms with Crippen LogP contribution >= 0.6 is 34.1 Å². The van der Waals surface area contributed by atoms with Gasteiger partial charge in [0.25, 0.3) is 0 Å². The molecule has 0 nitrogen and oxygen atoms in total. The first kappa shape index (κ1) is 54.7. The molecule has 0 aliphatic heterocycles. The van der Waals surface area contributed by atoms with Gasteiger partial charge in [0, 0.05) is 0 Å². The van der Waals surface area contributed by atoms with Gasteiger partial charge in [-0.1, -0.05) is 0 Å². The summed E-state index contributed by atoms with van der Waals surface area (Å²) in [6.07, 6.45) is 9.89. The van der Waals surface area contributed by atoms with Crippen LogP contribution in [0.25, 0.3) is 68.8 Å². The van der Waals surface area contributed by atoms with Gasteiger partial charge in [-0.2, -0.15) is 0 Å². The van der Waals surface area contributed by atoms with Crippen LogP contribution in [-0.4, -0.2) is 13.3 Å². The molecular formula is C70H70Cl4Si2Zr2. The number of halogens is 4. The van der Waals surface area contributed by atoms with E-state index in [1.165, 1.54) is 111 Å². The second-order valence-corrected chi connectivity index (χ2v) is 130. The summed E-state index contributed by atoms with van der Waals surface area (Å²) in [7, 11) is 40.3. The summed E-state index contributed by atoms with van der Waals surface area (Å²) in [5, 5.41) is 0. The van der Waals surface area contributed by atoms with E-state index in [9.17, 15) is 34.1 Å². The van der Waals surface area contributed by atoms with E-state index in [2.05, 4.69) is 260 Å². The van der Waals surface area contributed by atoms with Gasteiger partial charge in [0.2, 0.25) is 0 Å². The number of benzene rings is 8. The van der Waals surface area contributed by atoms with E-state index in [1.807, 2.05) is 0 Å². The summed E-state index contributed by atoms with van der Waals surface area (Å²) >= 11 is -12.8. The molecule has 0 heterocycles. The molecular weight excluding hydrogens is 1220 g/mol. The average molecular weight is 1290 g/mol. The Hall–Kier alpha value is -3.92. The third-order valence-electron chi connectivity index (χ3n) is 19.9. The molecule has 394 valence electrons. The maximum atomic E-state index is 10.1. The molecule has 4 aliphatic rings. The van der Waals surface area contributed by atoms with Gasteiger partial charge in [-0.15, -0.1) is 0 Å². The molecule has 78 heavy (non-hydrogen) atoms. The second-order valence-electron chi connectivity index (χ2n) is 24.5. The summed E-state index contributed by atoms with van der Waals surface area (Å²) in [5.41, 5.74) is 24.9. The quantitative estimate of drug-likeness (QED) is 0.0898. The van der Waals surface area contributed by atoms with Gasteiger partial charge in [0.05, 0.1) is 0 Å². The van der Waals surface area contributed by atoms with Crippen molar-refractivity contribution >= 4 is 71.6 Å². The van der Waals surface area contributed by atoms with Gasteiger partial charge in [0.1, 0.15) is 0 Å². The van der Waals surface area contributed by atoms with Crippen LogP contribution in [0.3, 0.4) is 0 Å². The zero-order valence-electron chi connectivity index (χ0n) is 45.8. The van der Waals surface area contributed by atoms with Crippen LogP contribution in [0, 0.1) is 0 Å². The molecule has 0 saturated carbocycles. The molecule has 0 N–H and O–H groups in total. The van der Waals surface area contributed by atoms with Crippen LogP contribution < -0.4 is 0 Å².